The summed E-state index contributed by atoms with van der Waals surface area (Å²) in [6, 6.07) is 14.8. The minimum atomic E-state index is -3.78. The smallest absolute Gasteiger partial charge is 0.261 e. The number of thiazole rings is 1. The lowest BCUT2D eigenvalue weighted by Crippen LogP contribution is -2.12. The summed E-state index contributed by atoms with van der Waals surface area (Å²) in [5.74, 6) is 0. The van der Waals surface area contributed by atoms with Crippen molar-refractivity contribution in [2.75, 3.05) is 10.0 Å². The predicted molar refractivity (Wildman–Crippen MR) is 122 cm³/mol. The molecular weight excluding hydrogens is 463 g/mol. The number of hydrogen-bond acceptors (Lipinski definition) is 6. The van der Waals surface area contributed by atoms with Gasteiger partial charge in [0.05, 0.1) is 20.6 Å². The fourth-order valence-electron chi connectivity index (χ4n) is 2.59. The Labute approximate surface area is 187 Å². The van der Waals surface area contributed by atoms with E-state index in [2.05, 4.69) is 20.0 Å². The van der Waals surface area contributed by atoms with E-state index in [1.54, 1.807) is 36.7 Å². The topological polar surface area (TPSA) is 84.0 Å². The van der Waals surface area contributed by atoms with Crippen LogP contribution in [0.25, 0.3) is 11.3 Å². The number of anilines is 3. The van der Waals surface area contributed by atoms with Gasteiger partial charge in [0.25, 0.3) is 10.0 Å². The van der Waals surface area contributed by atoms with Crippen molar-refractivity contribution in [3.63, 3.8) is 0 Å². The highest BCUT2D eigenvalue weighted by atomic mass is 35.5. The molecule has 0 fully saturated rings. The van der Waals surface area contributed by atoms with Gasteiger partial charge in [-0.25, -0.2) is 13.4 Å². The third-order valence-electron chi connectivity index (χ3n) is 4.07. The van der Waals surface area contributed by atoms with Gasteiger partial charge in [-0.1, -0.05) is 23.2 Å². The zero-order chi connectivity index (χ0) is 21.1. The van der Waals surface area contributed by atoms with Gasteiger partial charge in [-0.3, -0.25) is 9.71 Å². The Morgan fingerprint density at radius 2 is 1.57 bits per heavy atom. The van der Waals surface area contributed by atoms with Crippen LogP contribution < -0.4 is 10.0 Å². The molecule has 2 heterocycles. The van der Waals surface area contributed by atoms with Crippen LogP contribution in [0.4, 0.5) is 16.5 Å². The van der Waals surface area contributed by atoms with Crippen LogP contribution in [-0.2, 0) is 10.0 Å². The van der Waals surface area contributed by atoms with E-state index in [9.17, 15) is 8.42 Å². The number of halogens is 2. The highest BCUT2D eigenvalue weighted by molar-refractivity contribution is 7.92. The molecule has 0 atom stereocenters. The summed E-state index contributed by atoms with van der Waals surface area (Å²) in [6.07, 6.45) is 3.44. The number of nitrogens with zero attached hydrogens (tertiary/aromatic N) is 2. The van der Waals surface area contributed by atoms with Gasteiger partial charge in [0.1, 0.15) is 0 Å². The van der Waals surface area contributed by atoms with Crippen molar-refractivity contribution in [3.05, 3.63) is 82.4 Å². The first-order valence-corrected chi connectivity index (χ1v) is 11.7. The molecule has 2 aromatic heterocycles. The minimum absolute atomic E-state index is 0.0329. The average molecular weight is 477 g/mol. The first-order valence-electron chi connectivity index (χ1n) is 8.62. The molecule has 0 saturated heterocycles. The van der Waals surface area contributed by atoms with E-state index in [-0.39, 0.29) is 9.92 Å². The summed E-state index contributed by atoms with van der Waals surface area (Å²) in [4.78, 5) is 8.60. The Balaban J connectivity index is 1.45. The summed E-state index contributed by atoms with van der Waals surface area (Å²) >= 11 is 13.2. The van der Waals surface area contributed by atoms with Gasteiger partial charge < -0.3 is 5.32 Å². The number of hydrogen-bond donors (Lipinski definition) is 2. The Hall–Kier alpha value is -2.65. The van der Waals surface area contributed by atoms with E-state index in [0.29, 0.717) is 10.7 Å². The Bertz CT molecular complexity index is 1280. The molecule has 0 amide bonds. The molecule has 152 valence electrons. The van der Waals surface area contributed by atoms with Crippen LogP contribution in [-0.4, -0.2) is 18.4 Å². The quantitative estimate of drug-likeness (QED) is 0.353. The molecule has 0 spiro atoms. The largest absolute Gasteiger partial charge is 0.332 e. The fraction of sp³-hybridized carbons (Fsp3) is 0. The highest BCUT2D eigenvalue weighted by Crippen LogP contribution is 2.28. The molecule has 10 heteroatoms. The lowest BCUT2D eigenvalue weighted by atomic mass is 10.2. The number of sulfonamides is 1. The van der Waals surface area contributed by atoms with E-state index in [1.807, 2.05) is 17.5 Å². The number of aromatic nitrogens is 2. The fourth-order valence-corrected chi connectivity index (χ4v) is 4.78. The van der Waals surface area contributed by atoms with Crippen LogP contribution in [0.15, 0.2) is 77.3 Å². The summed E-state index contributed by atoms with van der Waals surface area (Å²) in [7, 11) is -3.78. The molecule has 2 N–H and O–H groups in total. The van der Waals surface area contributed by atoms with Crippen LogP contribution in [0.2, 0.25) is 10.0 Å². The zero-order valence-electron chi connectivity index (χ0n) is 15.2. The van der Waals surface area contributed by atoms with E-state index in [1.165, 1.54) is 29.5 Å². The molecule has 30 heavy (non-hydrogen) atoms. The predicted octanol–water partition coefficient (Wildman–Crippen LogP) is 6.06. The molecule has 2 aromatic carbocycles. The van der Waals surface area contributed by atoms with E-state index >= 15 is 0 Å². The Morgan fingerprint density at radius 3 is 2.27 bits per heavy atom. The molecule has 0 aliphatic heterocycles. The number of nitrogens with one attached hydrogen (secondary N) is 2. The second-order valence-corrected chi connectivity index (χ2v) is 9.51. The molecule has 0 radical (unpaired) electrons. The average Bonchev–Trinajstić information content (AvgIpc) is 3.20. The molecule has 0 saturated carbocycles. The monoisotopic (exact) mass is 476 g/mol. The van der Waals surface area contributed by atoms with Crippen LogP contribution in [0.1, 0.15) is 0 Å². The lowest BCUT2D eigenvalue weighted by molar-refractivity contribution is 0.601. The first kappa shape index (κ1) is 20.6. The zero-order valence-corrected chi connectivity index (χ0v) is 18.4. The first-order chi connectivity index (χ1) is 14.4. The lowest BCUT2D eigenvalue weighted by Gasteiger charge is -2.10. The standard InChI is InChI=1S/C20H14Cl2N4O2S2/c21-17-6-5-16(11-18(17)22)30(27,28)26-15-3-1-14(2-4-15)24-20-25-19(12-29-20)13-7-9-23-10-8-13/h1-12,26H,(H,24,25). The second kappa shape index (κ2) is 8.61. The van der Waals surface area contributed by atoms with Crippen molar-refractivity contribution in [3.8, 4) is 11.3 Å². The summed E-state index contributed by atoms with van der Waals surface area (Å²) < 4.78 is 27.6. The van der Waals surface area contributed by atoms with E-state index in [4.69, 9.17) is 23.2 Å². The highest BCUT2D eigenvalue weighted by Gasteiger charge is 2.15. The van der Waals surface area contributed by atoms with Gasteiger partial charge in [0.2, 0.25) is 0 Å². The number of pyridine rings is 1. The van der Waals surface area contributed by atoms with E-state index in [0.717, 1.165) is 22.1 Å². The van der Waals surface area contributed by atoms with Crippen LogP contribution in [0.3, 0.4) is 0 Å². The molecule has 0 aliphatic rings. The third kappa shape index (κ3) is 4.73. The van der Waals surface area contributed by atoms with Gasteiger partial charge in [-0.15, -0.1) is 11.3 Å². The summed E-state index contributed by atoms with van der Waals surface area (Å²) in [5.41, 5.74) is 3.05. The molecule has 6 nitrogen and oxygen atoms in total. The third-order valence-corrected chi connectivity index (χ3v) is 6.95. The molecule has 4 rings (SSSR count). The number of rotatable bonds is 6. The van der Waals surface area contributed by atoms with Crippen LogP contribution in [0, 0.1) is 0 Å². The molecule has 0 bridgehead atoms. The van der Waals surface area contributed by atoms with Gasteiger partial charge in [-0.05, 0) is 54.6 Å². The minimum Gasteiger partial charge on any atom is -0.332 e. The van der Waals surface area contributed by atoms with Crippen molar-refractivity contribution in [1.29, 1.82) is 0 Å². The summed E-state index contributed by atoms with van der Waals surface area (Å²) in [6.45, 7) is 0. The molecule has 4 aromatic rings. The Kier molecular flexibility index (Phi) is 5.92. The second-order valence-electron chi connectivity index (χ2n) is 6.16. The van der Waals surface area contributed by atoms with Crippen molar-refractivity contribution in [1.82, 2.24) is 9.97 Å². The van der Waals surface area contributed by atoms with Crippen molar-refractivity contribution >= 4 is 61.1 Å². The van der Waals surface area contributed by atoms with Crippen LogP contribution in [0.5, 0.6) is 0 Å². The van der Waals surface area contributed by atoms with Crippen molar-refractivity contribution in [2.45, 2.75) is 4.90 Å². The maximum absolute atomic E-state index is 12.5. The van der Waals surface area contributed by atoms with E-state index < -0.39 is 10.0 Å². The SMILES string of the molecule is O=S(=O)(Nc1ccc(Nc2nc(-c3ccncc3)cs2)cc1)c1ccc(Cl)c(Cl)c1. The van der Waals surface area contributed by atoms with Gasteiger partial charge in [0, 0.05) is 34.7 Å². The maximum atomic E-state index is 12.5. The molecule has 0 aliphatic carbocycles. The van der Waals surface area contributed by atoms with Crippen LogP contribution >= 0.6 is 34.5 Å². The Morgan fingerprint density at radius 1 is 0.867 bits per heavy atom. The summed E-state index contributed by atoms with van der Waals surface area (Å²) in [5, 5.41) is 6.36. The van der Waals surface area contributed by atoms with Crippen molar-refractivity contribution < 1.29 is 8.42 Å². The number of benzene rings is 2. The molecular formula is C20H14Cl2N4O2S2. The van der Waals surface area contributed by atoms with Gasteiger partial charge in [-0.2, -0.15) is 0 Å². The normalized spacial score (nSPS) is 11.3. The van der Waals surface area contributed by atoms with Gasteiger partial charge in [0.15, 0.2) is 5.13 Å². The maximum Gasteiger partial charge on any atom is 0.261 e. The molecule has 0 unspecified atom stereocenters. The van der Waals surface area contributed by atoms with Crippen molar-refractivity contribution in [2.24, 2.45) is 0 Å². The van der Waals surface area contributed by atoms with Gasteiger partial charge >= 0.3 is 0 Å².